The Balaban J connectivity index is 2.73. The molecule has 0 aromatic heterocycles. The predicted octanol–water partition coefficient (Wildman–Crippen LogP) is -1.09. The molecule has 0 heterocycles. The second-order valence-corrected chi connectivity index (χ2v) is 4.30. The molecule has 7 nitrogen and oxygen atoms in total. The van der Waals surface area contributed by atoms with Gasteiger partial charge >= 0.3 is 0 Å². The van der Waals surface area contributed by atoms with Gasteiger partial charge in [0.15, 0.2) is 0 Å². The number of aliphatic hydroxyl groups is 1. The SMILES string of the molecule is CN(C)c1ccc(C(=O)NCC(O)C(N)=O)cc1N. The van der Waals surface area contributed by atoms with Crippen molar-refractivity contribution < 1.29 is 14.7 Å². The van der Waals surface area contributed by atoms with E-state index in [-0.39, 0.29) is 6.54 Å². The summed E-state index contributed by atoms with van der Waals surface area (Å²) in [6, 6.07) is 4.85. The number of nitrogens with one attached hydrogen (secondary N) is 1. The Morgan fingerprint density at radius 1 is 1.42 bits per heavy atom. The summed E-state index contributed by atoms with van der Waals surface area (Å²) in [4.78, 5) is 24.2. The minimum atomic E-state index is -1.40. The van der Waals surface area contributed by atoms with Crippen molar-refractivity contribution in [3.63, 3.8) is 0 Å². The molecule has 1 aromatic carbocycles. The molecule has 1 atom stereocenters. The highest BCUT2D eigenvalue weighted by Crippen LogP contribution is 2.22. The van der Waals surface area contributed by atoms with E-state index in [1.807, 2.05) is 19.0 Å². The summed E-state index contributed by atoms with van der Waals surface area (Å²) in [5.74, 6) is -1.32. The maximum Gasteiger partial charge on any atom is 0.251 e. The second-order valence-electron chi connectivity index (χ2n) is 4.30. The number of anilines is 2. The van der Waals surface area contributed by atoms with Gasteiger partial charge in [-0.25, -0.2) is 0 Å². The van der Waals surface area contributed by atoms with Gasteiger partial charge < -0.3 is 26.8 Å². The highest BCUT2D eigenvalue weighted by atomic mass is 16.3. The van der Waals surface area contributed by atoms with Crippen LogP contribution in [0.1, 0.15) is 10.4 Å². The highest BCUT2D eigenvalue weighted by molar-refractivity contribution is 5.96. The normalized spacial score (nSPS) is 11.7. The molecule has 19 heavy (non-hydrogen) atoms. The van der Waals surface area contributed by atoms with Gasteiger partial charge in [-0.05, 0) is 18.2 Å². The Bertz CT molecular complexity index is 488. The van der Waals surface area contributed by atoms with Crippen LogP contribution in [0.25, 0.3) is 0 Å². The molecule has 0 spiro atoms. The summed E-state index contributed by atoms with van der Waals surface area (Å²) in [5, 5.41) is 11.6. The Labute approximate surface area is 111 Å². The summed E-state index contributed by atoms with van der Waals surface area (Å²) in [6.45, 7) is -0.233. The summed E-state index contributed by atoms with van der Waals surface area (Å²) in [6.07, 6.45) is -1.40. The third kappa shape index (κ3) is 3.85. The molecule has 0 aliphatic carbocycles. The van der Waals surface area contributed by atoms with Gasteiger partial charge in [0.25, 0.3) is 5.91 Å². The molecule has 104 valence electrons. The zero-order chi connectivity index (χ0) is 14.6. The maximum absolute atomic E-state index is 11.8. The van der Waals surface area contributed by atoms with Gasteiger partial charge in [-0.1, -0.05) is 0 Å². The molecule has 1 rings (SSSR count). The van der Waals surface area contributed by atoms with E-state index in [0.29, 0.717) is 11.3 Å². The van der Waals surface area contributed by atoms with Crippen LogP contribution in [0.3, 0.4) is 0 Å². The topological polar surface area (TPSA) is 122 Å². The van der Waals surface area contributed by atoms with Gasteiger partial charge in [-0.3, -0.25) is 9.59 Å². The average Bonchev–Trinajstić information content (AvgIpc) is 2.34. The van der Waals surface area contributed by atoms with Crippen molar-refractivity contribution in [2.24, 2.45) is 5.73 Å². The van der Waals surface area contributed by atoms with E-state index in [9.17, 15) is 14.7 Å². The molecule has 0 aliphatic rings. The number of rotatable bonds is 5. The molecule has 0 radical (unpaired) electrons. The summed E-state index contributed by atoms with van der Waals surface area (Å²) in [5.41, 5.74) is 12.3. The Morgan fingerprint density at radius 2 is 2.05 bits per heavy atom. The average molecular weight is 266 g/mol. The van der Waals surface area contributed by atoms with E-state index >= 15 is 0 Å². The number of amides is 2. The fraction of sp³-hybridized carbons (Fsp3) is 0.333. The van der Waals surface area contributed by atoms with E-state index in [1.54, 1.807) is 12.1 Å². The van der Waals surface area contributed by atoms with Gasteiger partial charge in [0.05, 0.1) is 17.9 Å². The molecule has 0 aliphatic heterocycles. The number of nitrogens with zero attached hydrogens (tertiary/aromatic N) is 1. The van der Waals surface area contributed by atoms with E-state index in [2.05, 4.69) is 5.32 Å². The van der Waals surface area contributed by atoms with Crippen LogP contribution in [0.5, 0.6) is 0 Å². The lowest BCUT2D eigenvalue weighted by molar-refractivity contribution is -0.125. The third-order valence-electron chi connectivity index (χ3n) is 2.56. The number of primary amides is 1. The highest BCUT2D eigenvalue weighted by Gasteiger charge is 2.14. The molecular formula is C12H18N4O3. The van der Waals surface area contributed by atoms with Crippen LogP contribution in [-0.4, -0.2) is 43.7 Å². The van der Waals surface area contributed by atoms with Crippen LogP contribution in [-0.2, 0) is 4.79 Å². The van der Waals surface area contributed by atoms with Crippen LogP contribution in [0.15, 0.2) is 18.2 Å². The number of nitrogens with two attached hydrogens (primary N) is 2. The Morgan fingerprint density at radius 3 is 2.53 bits per heavy atom. The molecule has 1 unspecified atom stereocenters. The number of hydrogen-bond donors (Lipinski definition) is 4. The first-order chi connectivity index (χ1) is 8.82. The van der Waals surface area contributed by atoms with E-state index < -0.39 is 17.9 Å². The van der Waals surface area contributed by atoms with E-state index in [1.165, 1.54) is 6.07 Å². The number of carbonyl (C=O) groups is 2. The summed E-state index contributed by atoms with van der Waals surface area (Å²) >= 11 is 0. The fourth-order valence-corrected chi connectivity index (χ4v) is 1.50. The van der Waals surface area contributed by atoms with Crippen molar-refractivity contribution in [1.82, 2.24) is 5.32 Å². The van der Waals surface area contributed by atoms with Gasteiger partial charge in [0.1, 0.15) is 6.10 Å². The summed E-state index contributed by atoms with van der Waals surface area (Å²) < 4.78 is 0. The predicted molar refractivity (Wildman–Crippen MR) is 72.7 cm³/mol. The number of carbonyl (C=O) groups excluding carboxylic acids is 2. The fourth-order valence-electron chi connectivity index (χ4n) is 1.50. The number of nitrogen functional groups attached to an aromatic ring is 1. The second kappa shape index (κ2) is 6.05. The zero-order valence-electron chi connectivity index (χ0n) is 10.9. The molecule has 0 fully saturated rings. The lowest BCUT2D eigenvalue weighted by Gasteiger charge is -2.16. The van der Waals surface area contributed by atoms with Crippen molar-refractivity contribution in [2.45, 2.75) is 6.10 Å². The third-order valence-corrected chi connectivity index (χ3v) is 2.56. The lowest BCUT2D eigenvalue weighted by atomic mass is 10.1. The van der Waals surface area contributed by atoms with Crippen LogP contribution in [0, 0.1) is 0 Å². The maximum atomic E-state index is 11.8. The van der Waals surface area contributed by atoms with Crippen LogP contribution < -0.4 is 21.7 Å². The van der Waals surface area contributed by atoms with Crippen molar-refractivity contribution in [3.8, 4) is 0 Å². The van der Waals surface area contributed by atoms with Crippen molar-refractivity contribution in [1.29, 1.82) is 0 Å². The van der Waals surface area contributed by atoms with Gasteiger partial charge in [-0.15, -0.1) is 0 Å². The molecule has 0 saturated carbocycles. The smallest absolute Gasteiger partial charge is 0.251 e. The van der Waals surface area contributed by atoms with Crippen molar-refractivity contribution in [3.05, 3.63) is 23.8 Å². The molecule has 1 aromatic rings. The summed E-state index contributed by atoms with van der Waals surface area (Å²) in [7, 11) is 3.68. The van der Waals surface area contributed by atoms with E-state index in [0.717, 1.165) is 5.69 Å². The first-order valence-corrected chi connectivity index (χ1v) is 5.65. The first-order valence-electron chi connectivity index (χ1n) is 5.65. The van der Waals surface area contributed by atoms with Crippen LogP contribution in [0.2, 0.25) is 0 Å². The molecule has 2 amide bonds. The minimum Gasteiger partial charge on any atom is -0.397 e. The first kappa shape index (κ1) is 14.8. The monoisotopic (exact) mass is 266 g/mol. The number of aliphatic hydroxyl groups excluding tert-OH is 1. The Kier molecular flexibility index (Phi) is 4.71. The quantitative estimate of drug-likeness (QED) is 0.504. The van der Waals surface area contributed by atoms with Gasteiger partial charge in [0.2, 0.25) is 5.91 Å². The standard InChI is InChI=1S/C12H18N4O3/c1-16(2)9-4-3-7(5-8(9)13)12(19)15-6-10(17)11(14)18/h3-5,10,17H,6,13H2,1-2H3,(H2,14,18)(H,15,19). The van der Waals surface area contributed by atoms with Gasteiger partial charge in [-0.2, -0.15) is 0 Å². The Hall–Kier alpha value is -2.28. The van der Waals surface area contributed by atoms with Crippen molar-refractivity contribution >= 4 is 23.2 Å². The van der Waals surface area contributed by atoms with Gasteiger partial charge in [0, 0.05) is 19.7 Å². The number of benzene rings is 1. The van der Waals surface area contributed by atoms with E-state index in [4.69, 9.17) is 11.5 Å². The number of hydrogen-bond acceptors (Lipinski definition) is 5. The lowest BCUT2D eigenvalue weighted by Crippen LogP contribution is -2.40. The zero-order valence-corrected chi connectivity index (χ0v) is 10.9. The van der Waals surface area contributed by atoms with Crippen LogP contribution >= 0.6 is 0 Å². The molecular weight excluding hydrogens is 248 g/mol. The molecule has 7 heteroatoms. The molecule has 6 N–H and O–H groups in total. The largest absolute Gasteiger partial charge is 0.397 e. The minimum absolute atomic E-state index is 0.233. The van der Waals surface area contributed by atoms with Crippen LogP contribution in [0.4, 0.5) is 11.4 Å². The molecule has 0 bridgehead atoms. The molecule has 0 saturated heterocycles. The van der Waals surface area contributed by atoms with Crippen molar-refractivity contribution in [2.75, 3.05) is 31.3 Å².